The van der Waals surface area contributed by atoms with Gasteiger partial charge in [-0.15, -0.1) is 0 Å². The van der Waals surface area contributed by atoms with Gasteiger partial charge in [-0.3, -0.25) is 0 Å². The van der Waals surface area contributed by atoms with Crippen LogP contribution < -0.4 is 0 Å². The summed E-state index contributed by atoms with van der Waals surface area (Å²) in [5.74, 6) is 3.57. The van der Waals surface area contributed by atoms with E-state index in [0.717, 1.165) is 37.2 Å². The molecule has 4 aliphatic carbocycles. The first kappa shape index (κ1) is 25.5. The van der Waals surface area contributed by atoms with E-state index in [4.69, 9.17) is 4.74 Å². The molecule has 35 heavy (non-hydrogen) atoms. The number of hydrogen-bond donors (Lipinski definition) is 1. The van der Waals surface area contributed by atoms with Crippen LogP contribution in [-0.4, -0.2) is 17.3 Å². The van der Waals surface area contributed by atoms with Crippen LogP contribution in [0.5, 0.6) is 0 Å². The molecule has 1 N–H and O–H groups in total. The fraction of sp³-hybridized carbons (Fsp3) is 0.758. The Labute approximate surface area is 214 Å². The number of rotatable bonds is 8. The van der Waals surface area contributed by atoms with Crippen LogP contribution >= 0.6 is 0 Å². The van der Waals surface area contributed by atoms with Gasteiger partial charge in [0.2, 0.25) is 0 Å². The molecular formula is C33H50O2. The lowest BCUT2D eigenvalue weighted by Crippen LogP contribution is -2.50. The Morgan fingerprint density at radius 3 is 2.60 bits per heavy atom. The number of aliphatic hydroxyl groups is 1. The van der Waals surface area contributed by atoms with Crippen LogP contribution in [0.1, 0.15) is 104 Å². The summed E-state index contributed by atoms with van der Waals surface area (Å²) in [6.45, 7) is 10.5. The first-order valence-corrected chi connectivity index (χ1v) is 14.8. The Hall–Kier alpha value is -1.12. The van der Waals surface area contributed by atoms with Crippen LogP contribution in [0.4, 0.5) is 0 Å². The minimum atomic E-state index is -0.0805. The lowest BCUT2D eigenvalue weighted by Gasteiger charge is -2.58. The standard InChI is InChI=1S/C33H50O2/c1-23(2)10-8-9-13-29-31(34)21-30-27-15-14-25-20-26(35-22-24-11-6-5-7-12-24)16-18-32(25,3)28(27)17-19-33(29,30)4/h5-7,11-12,14,23,26-31,34H,8-10,13,15-22H2,1-4H3. The quantitative estimate of drug-likeness (QED) is 0.300. The maximum Gasteiger partial charge on any atom is 0.0720 e. The summed E-state index contributed by atoms with van der Waals surface area (Å²) in [6.07, 6.45) is 16.6. The van der Waals surface area contributed by atoms with Crippen LogP contribution in [0.25, 0.3) is 0 Å². The van der Waals surface area contributed by atoms with Crippen LogP contribution in [0, 0.1) is 40.4 Å². The topological polar surface area (TPSA) is 29.5 Å². The fourth-order valence-electron chi connectivity index (χ4n) is 9.11. The van der Waals surface area contributed by atoms with E-state index < -0.39 is 0 Å². The summed E-state index contributed by atoms with van der Waals surface area (Å²) < 4.78 is 6.40. The van der Waals surface area contributed by atoms with Gasteiger partial charge in [-0.1, -0.05) is 88.9 Å². The van der Waals surface area contributed by atoms with Crippen LogP contribution in [0.2, 0.25) is 0 Å². The number of aliphatic hydroxyl groups excluding tert-OH is 1. The van der Waals surface area contributed by atoms with Crippen molar-refractivity contribution >= 4 is 0 Å². The Morgan fingerprint density at radius 1 is 1.03 bits per heavy atom. The molecule has 0 amide bonds. The first-order chi connectivity index (χ1) is 16.8. The number of allylic oxidation sites excluding steroid dienone is 1. The lowest BCUT2D eigenvalue weighted by molar-refractivity contribution is -0.0624. The van der Waals surface area contributed by atoms with Gasteiger partial charge in [0.25, 0.3) is 0 Å². The largest absolute Gasteiger partial charge is 0.393 e. The first-order valence-electron chi connectivity index (χ1n) is 14.8. The second-order valence-corrected chi connectivity index (χ2v) is 13.6. The Kier molecular flexibility index (Phi) is 7.53. The van der Waals surface area contributed by atoms with E-state index >= 15 is 0 Å². The highest BCUT2D eigenvalue weighted by molar-refractivity contribution is 5.26. The van der Waals surface area contributed by atoms with Gasteiger partial charge in [-0.25, -0.2) is 0 Å². The summed E-state index contributed by atoms with van der Waals surface area (Å²) in [5.41, 5.74) is 3.66. The number of unbranched alkanes of at least 4 members (excludes halogenated alkanes) is 1. The number of ether oxygens (including phenoxy) is 1. The zero-order valence-electron chi connectivity index (χ0n) is 22.8. The molecule has 1 aromatic rings. The van der Waals surface area contributed by atoms with Crippen LogP contribution in [0.3, 0.4) is 0 Å². The van der Waals surface area contributed by atoms with Crippen molar-refractivity contribution in [2.75, 3.05) is 0 Å². The second kappa shape index (κ2) is 10.3. The Morgan fingerprint density at radius 2 is 1.83 bits per heavy atom. The molecule has 3 saturated carbocycles. The third kappa shape index (κ3) is 4.91. The monoisotopic (exact) mass is 478 g/mol. The van der Waals surface area contributed by atoms with Crippen molar-refractivity contribution in [3.8, 4) is 0 Å². The molecule has 194 valence electrons. The summed E-state index contributed by atoms with van der Waals surface area (Å²) in [4.78, 5) is 0. The number of hydrogen-bond acceptors (Lipinski definition) is 2. The molecule has 2 nitrogen and oxygen atoms in total. The van der Waals surface area contributed by atoms with Gasteiger partial charge in [0, 0.05) is 0 Å². The summed E-state index contributed by atoms with van der Waals surface area (Å²) >= 11 is 0. The zero-order valence-corrected chi connectivity index (χ0v) is 22.8. The zero-order chi connectivity index (χ0) is 24.6. The molecule has 8 unspecified atom stereocenters. The molecular weight excluding hydrogens is 428 g/mol. The van der Waals surface area contributed by atoms with E-state index in [9.17, 15) is 5.11 Å². The third-order valence-electron chi connectivity index (χ3n) is 11.2. The maximum absolute atomic E-state index is 11.2. The Bertz CT molecular complexity index is 874. The van der Waals surface area contributed by atoms with Gasteiger partial charge in [0.15, 0.2) is 0 Å². The fourth-order valence-corrected chi connectivity index (χ4v) is 9.11. The molecule has 0 saturated heterocycles. The van der Waals surface area contributed by atoms with Crippen molar-refractivity contribution in [2.24, 2.45) is 40.4 Å². The van der Waals surface area contributed by atoms with E-state index in [1.54, 1.807) is 5.57 Å². The second-order valence-electron chi connectivity index (χ2n) is 13.6. The predicted octanol–water partition coefficient (Wildman–Crippen LogP) is 8.34. The lowest BCUT2D eigenvalue weighted by atomic mass is 9.47. The van der Waals surface area contributed by atoms with E-state index in [-0.39, 0.29) is 6.10 Å². The molecule has 3 fully saturated rings. The third-order valence-corrected chi connectivity index (χ3v) is 11.2. The molecule has 4 aliphatic rings. The molecule has 0 spiro atoms. The van der Waals surface area contributed by atoms with E-state index in [1.807, 2.05) is 0 Å². The van der Waals surface area contributed by atoms with Gasteiger partial charge in [-0.2, -0.15) is 0 Å². The predicted molar refractivity (Wildman–Crippen MR) is 145 cm³/mol. The minimum absolute atomic E-state index is 0.0805. The van der Waals surface area contributed by atoms with E-state index in [1.165, 1.54) is 63.4 Å². The summed E-state index contributed by atoms with van der Waals surface area (Å²) in [6, 6.07) is 10.6. The molecule has 8 atom stereocenters. The van der Waals surface area contributed by atoms with Gasteiger partial charge in [0.1, 0.15) is 0 Å². The molecule has 2 heteroatoms. The molecule has 0 bridgehead atoms. The SMILES string of the molecule is CC(C)CCCCC1C(O)CC2C3CC=C4CC(OCc5ccccc5)CCC4(C)C3CCC12C. The molecule has 0 radical (unpaired) electrons. The van der Waals surface area contributed by atoms with E-state index in [0.29, 0.717) is 28.8 Å². The molecule has 0 aromatic heterocycles. The molecule has 5 rings (SSSR count). The van der Waals surface area contributed by atoms with E-state index in [2.05, 4.69) is 64.1 Å². The van der Waals surface area contributed by atoms with Gasteiger partial charge in [0.05, 0.1) is 18.8 Å². The molecule has 0 heterocycles. The summed E-state index contributed by atoms with van der Waals surface area (Å²) in [7, 11) is 0. The van der Waals surface area contributed by atoms with Crippen molar-refractivity contribution in [1.82, 2.24) is 0 Å². The highest BCUT2D eigenvalue weighted by Crippen LogP contribution is 2.66. The van der Waals surface area contributed by atoms with Crippen molar-refractivity contribution in [3.63, 3.8) is 0 Å². The Balaban J connectivity index is 1.24. The van der Waals surface area contributed by atoms with Crippen molar-refractivity contribution in [1.29, 1.82) is 0 Å². The van der Waals surface area contributed by atoms with Crippen LogP contribution in [0.15, 0.2) is 42.0 Å². The normalized spacial score (nSPS) is 40.7. The highest BCUT2D eigenvalue weighted by Gasteiger charge is 2.60. The van der Waals surface area contributed by atoms with Crippen molar-refractivity contribution < 1.29 is 9.84 Å². The van der Waals surface area contributed by atoms with Gasteiger partial charge in [-0.05, 0) is 97.3 Å². The number of fused-ring (bicyclic) bond motifs is 5. The summed E-state index contributed by atoms with van der Waals surface area (Å²) in [5, 5.41) is 11.2. The minimum Gasteiger partial charge on any atom is -0.393 e. The van der Waals surface area contributed by atoms with Gasteiger partial charge < -0.3 is 9.84 Å². The van der Waals surface area contributed by atoms with Crippen LogP contribution in [-0.2, 0) is 11.3 Å². The number of benzene rings is 1. The van der Waals surface area contributed by atoms with Crippen molar-refractivity contribution in [2.45, 2.75) is 117 Å². The molecule has 0 aliphatic heterocycles. The average Bonchev–Trinajstić information content (AvgIpc) is 3.10. The molecule has 1 aromatic carbocycles. The highest BCUT2D eigenvalue weighted by atomic mass is 16.5. The average molecular weight is 479 g/mol. The maximum atomic E-state index is 11.2. The smallest absolute Gasteiger partial charge is 0.0720 e. The van der Waals surface area contributed by atoms with Gasteiger partial charge >= 0.3 is 0 Å². The van der Waals surface area contributed by atoms with Crippen molar-refractivity contribution in [3.05, 3.63) is 47.5 Å².